The Morgan fingerprint density at radius 3 is 2.88 bits per heavy atom. The summed E-state index contributed by atoms with van der Waals surface area (Å²) in [4.78, 5) is 17.7. The average Bonchev–Trinajstić information content (AvgIpc) is 2.95. The van der Waals surface area contributed by atoms with Gasteiger partial charge in [-0.15, -0.1) is 5.10 Å². The summed E-state index contributed by atoms with van der Waals surface area (Å²) in [5.74, 6) is 1.42. The molecule has 5 nitrogen and oxygen atoms in total. The fraction of sp³-hybridized carbons (Fsp3) is 0.545. The molecule has 0 spiro atoms. The van der Waals surface area contributed by atoms with Crippen LogP contribution in [-0.2, 0) is 0 Å². The molecule has 1 heterocycles. The van der Waals surface area contributed by atoms with Gasteiger partial charge in [-0.2, -0.15) is 0 Å². The van der Waals surface area contributed by atoms with E-state index in [1.807, 2.05) is 6.92 Å². The number of H-pyrrole nitrogens is 1. The third-order valence-corrected chi connectivity index (χ3v) is 2.51. The molecular weight excluding hydrogens is 204 g/mol. The predicted octanol–water partition coefficient (Wildman–Crippen LogP) is 1.33. The van der Waals surface area contributed by atoms with Gasteiger partial charge >= 0.3 is 0 Å². The van der Waals surface area contributed by atoms with E-state index in [0.29, 0.717) is 12.5 Å². The molecule has 1 fully saturated rings. The van der Waals surface area contributed by atoms with Crippen LogP contribution in [0.2, 0.25) is 0 Å². The number of likely N-dealkylation sites (N-methyl/N-ethyl adjacent to an activating group) is 1. The fourth-order valence-electron chi connectivity index (χ4n) is 1.56. The lowest BCUT2D eigenvalue weighted by Gasteiger charge is -2.14. The molecule has 0 aliphatic heterocycles. The Kier molecular flexibility index (Phi) is 2.77. The minimum Gasteiger partial charge on any atom is -0.335 e. The number of carbonyl (C=O) groups excluding carboxylic acids is 1. The second-order valence-corrected chi connectivity index (χ2v) is 4.44. The number of hydrogen-bond donors (Lipinski definition) is 1. The van der Waals surface area contributed by atoms with Crippen molar-refractivity contribution in [1.29, 1.82) is 0 Å². The first-order chi connectivity index (χ1) is 7.58. The van der Waals surface area contributed by atoms with Crippen molar-refractivity contribution in [2.75, 3.05) is 13.6 Å². The number of rotatable bonds is 4. The Balaban J connectivity index is 2.04. The van der Waals surface area contributed by atoms with E-state index >= 15 is 0 Å². The van der Waals surface area contributed by atoms with Crippen LogP contribution in [0.15, 0.2) is 12.2 Å². The van der Waals surface area contributed by atoms with Crippen molar-refractivity contribution in [2.45, 2.75) is 25.7 Å². The normalized spacial score (nSPS) is 14.9. The Hall–Kier alpha value is -1.65. The van der Waals surface area contributed by atoms with Gasteiger partial charge in [0, 0.05) is 19.5 Å². The van der Waals surface area contributed by atoms with E-state index in [9.17, 15) is 4.79 Å². The largest absolute Gasteiger partial charge is 0.335 e. The molecule has 0 aromatic carbocycles. The van der Waals surface area contributed by atoms with E-state index in [4.69, 9.17) is 0 Å². The highest BCUT2D eigenvalue weighted by atomic mass is 16.2. The highest BCUT2D eigenvalue weighted by molar-refractivity contribution is 5.90. The smallest absolute Gasteiger partial charge is 0.293 e. The van der Waals surface area contributed by atoms with Crippen molar-refractivity contribution < 1.29 is 4.79 Å². The molecular formula is C11H16N4O. The molecule has 2 rings (SSSR count). The van der Waals surface area contributed by atoms with Crippen molar-refractivity contribution in [1.82, 2.24) is 20.1 Å². The van der Waals surface area contributed by atoms with Gasteiger partial charge in [0.1, 0.15) is 5.82 Å². The summed E-state index contributed by atoms with van der Waals surface area (Å²) in [6.07, 6.45) is 2.29. The zero-order valence-corrected chi connectivity index (χ0v) is 9.66. The molecule has 0 saturated heterocycles. The minimum atomic E-state index is -0.161. The van der Waals surface area contributed by atoms with E-state index in [-0.39, 0.29) is 11.7 Å². The molecule has 1 aliphatic rings. The molecule has 1 aromatic rings. The Bertz CT molecular complexity index is 419. The summed E-state index contributed by atoms with van der Waals surface area (Å²) >= 11 is 0. The molecule has 5 heteroatoms. The van der Waals surface area contributed by atoms with Gasteiger partial charge in [-0.25, -0.2) is 4.98 Å². The summed E-state index contributed by atoms with van der Waals surface area (Å²) in [5, 5.41) is 6.77. The summed E-state index contributed by atoms with van der Waals surface area (Å²) < 4.78 is 0. The third-order valence-electron chi connectivity index (χ3n) is 2.51. The topological polar surface area (TPSA) is 61.9 Å². The summed E-state index contributed by atoms with van der Waals surface area (Å²) in [7, 11) is 1.73. The highest BCUT2D eigenvalue weighted by Gasteiger charge is 2.28. The Morgan fingerprint density at radius 2 is 2.31 bits per heavy atom. The number of nitrogens with zero attached hydrogens (tertiary/aromatic N) is 3. The summed E-state index contributed by atoms with van der Waals surface area (Å²) in [6.45, 7) is 6.19. The molecule has 86 valence electrons. The van der Waals surface area contributed by atoms with E-state index in [2.05, 4.69) is 21.8 Å². The van der Waals surface area contributed by atoms with Crippen molar-refractivity contribution in [3.05, 3.63) is 23.8 Å². The number of aromatic nitrogens is 3. The maximum Gasteiger partial charge on any atom is 0.293 e. The van der Waals surface area contributed by atoms with Crippen LogP contribution in [0.1, 0.15) is 42.1 Å². The highest BCUT2D eigenvalue weighted by Crippen LogP contribution is 2.37. The average molecular weight is 220 g/mol. The van der Waals surface area contributed by atoms with E-state index in [1.54, 1.807) is 11.9 Å². The fourth-order valence-corrected chi connectivity index (χ4v) is 1.56. The molecule has 0 bridgehead atoms. The van der Waals surface area contributed by atoms with Crippen LogP contribution in [0, 0.1) is 0 Å². The number of hydrogen-bond acceptors (Lipinski definition) is 3. The van der Waals surface area contributed by atoms with E-state index in [1.165, 1.54) is 0 Å². The molecule has 1 aromatic heterocycles. The van der Waals surface area contributed by atoms with Crippen molar-refractivity contribution in [3.8, 4) is 0 Å². The van der Waals surface area contributed by atoms with Crippen molar-refractivity contribution >= 4 is 5.91 Å². The van der Waals surface area contributed by atoms with E-state index in [0.717, 1.165) is 24.2 Å². The van der Waals surface area contributed by atoms with Gasteiger partial charge in [0.2, 0.25) is 5.82 Å². The van der Waals surface area contributed by atoms with Gasteiger partial charge in [0.25, 0.3) is 5.91 Å². The molecule has 1 N–H and O–H groups in total. The molecule has 0 atom stereocenters. The van der Waals surface area contributed by atoms with Gasteiger partial charge in [0.05, 0.1) is 0 Å². The number of amides is 1. The quantitative estimate of drug-likeness (QED) is 0.779. The lowest BCUT2D eigenvalue weighted by atomic mass is 10.3. The summed E-state index contributed by atoms with van der Waals surface area (Å²) in [5.41, 5.74) is 0.939. The van der Waals surface area contributed by atoms with Gasteiger partial charge in [0.15, 0.2) is 0 Å². The van der Waals surface area contributed by atoms with Gasteiger partial charge in [-0.3, -0.25) is 9.89 Å². The second kappa shape index (κ2) is 4.08. The van der Waals surface area contributed by atoms with Crippen molar-refractivity contribution in [2.24, 2.45) is 0 Å². The second-order valence-electron chi connectivity index (χ2n) is 4.44. The van der Waals surface area contributed by atoms with Gasteiger partial charge in [-0.05, 0) is 19.8 Å². The first-order valence-electron chi connectivity index (χ1n) is 5.40. The number of aromatic amines is 1. The molecule has 1 amide bonds. The SMILES string of the molecule is C=C(C)CN(C)C(=O)c1n[nH]c(C2CC2)n1. The van der Waals surface area contributed by atoms with Crippen LogP contribution in [0.5, 0.6) is 0 Å². The number of carbonyl (C=O) groups is 1. The van der Waals surface area contributed by atoms with Crippen LogP contribution in [-0.4, -0.2) is 39.6 Å². The molecule has 1 saturated carbocycles. The first kappa shape index (κ1) is 10.9. The molecule has 0 radical (unpaired) electrons. The Morgan fingerprint density at radius 1 is 1.62 bits per heavy atom. The molecule has 0 unspecified atom stereocenters. The predicted molar refractivity (Wildman–Crippen MR) is 60.1 cm³/mol. The van der Waals surface area contributed by atoms with Crippen LogP contribution < -0.4 is 0 Å². The molecule has 1 aliphatic carbocycles. The maximum atomic E-state index is 11.9. The lowest BCUT2D eigenvalue weighted by molar-refractivity contribution is 0.0795. The van der Waals surface area contributed by atoms with Gasteiger partial charge < -0.3 is 4.90 Å². The van der Waals surface area contributed by atoms with Crippen LogP contribution in [0.3, 0.4) is 0 Å². The van der Waals surface area contributed by atoms with Crippen LogP contribution in [0.4, 0.5) is 0 Å². The monoisotopic (exact) mass is 220 g/mol. The standard InChI is InChI=1S/C11H16N4O/c1-7(2)6-15(3)11(16)10-12-9(13-14-10)8-4-5-8/h8H,1,4-6H2,2-3H3,(H,12,13,14). The first-order valence-corrected chi connectivity index (χ1v) is 5.40. The van der Waals surface area contributed by atoms with Crippen molar-refractivity contribution in [3.63, 3.8) is 0 Å². The van der Waals surface area contributed by atoms with Gasteiger partial charge in [-0.1, -0.05) is 12.2 Å². The molecule has 16 heavy (non-hydrogen) atoms. The zero-order chi connectivity index (χ0) is 11.7. The maximum absolute atomic E-state index is 11.9. The van der Waals surface area contributed by atoms with Crippen LogP contribution >= 0.6 is 0 Å². The Labute approximate surface area is 94.6 Å². The third kappa shape index (κ3) is 2.29. The van der Waals surface area contributed by atoms with E-state index < -0.39 is 0 Å². The van der Waals surface area contributed by atoms with Crippen LogP contribution in [0.25, 0.3) is 0 Å². The zero-order valence-electron chi connectivity index (χ0n) is 9.66. The summed E-state index contributed by atoms with van der Waals surface area (Å²) in [6, 6.07) is 0. The minimum absolute atomic E-state index is 0.161. The number of nitrogens with one attached hydrogen (secondary N) is 1. The lowest BCUT2D eigenvalue weighted by Crippen LogP contribution is -2.29.